The van der Waals surface area contributed by atoms with E-state index < -0.39 is 0 Å². The highest BCUT2D eigenvalue weighted by molar-refractivity contribution is 5.85. The Morgan fingerprint density at radius 2 is 2.05 bits per heavy atom. The summed E-state index contributed by atoms with van der Waals surface area (Å²) < 4.78 is 19.2. The van der Waals surface area contributed by atoms with Gasteiger partial charge in [0.1, 0.15) is 5.82 Å². The molecule has 2 N–H and O–H groups in total. The Morgan fingerprint density at radius 3 is 2.80 bits per heavy atom. The fraction of sp³-hybridized carbons (Fsp3) is 0.0667. The SMILES string of the molecule is Cc1ccc(F)c(-c2onc(N)c2-c2ccccn2)c1. The largest absolute Gasteiger partial charge is 0.380 e. The highest BCUT2D eigenvalue weighted by Gasteiger charge is 2.21. The molecule has 0 spiro atoms. The normalized spacial score (nSPS) is 10.7. The average Bonchev–Trinajstić information content (AvgIpc) is 2.84. The van der Waals surface area contributed by atoms with Gasteiger partial charge in [-0.3, -0.25) is 4.98 Å². The zero-order valence-electron chi connectivity index (χ0n) is 10.8. The molecule has 0 aliphatic heterocycles. The molecule has 4 nitrogen and oxygen atoms in total. The van der Waals surface area contributed by atoms with E-state index in [1.165, 1.54) is 6.07 Å². The fourth-order valence-electron chi connectivity index (χ4n) is 2.06. The van der Waals surface area contributed by atoms with Crippen molar-refractivity contribution in [3.8, 4) is 22.6 Å². The Bertz CT molecular complexity index is 753. The molecule has 3 rings (SSSR count). The molecule has 0 amide bonds. The average molecular weight is 269 g/mol. The number of nitrogens with zero attached hydrogens (tertiary/aromatic N) is 2. The van der Waals surface area contributed by atoms with Gasteiger partial charge in [-0.15, -0.1) is 0 Å². The summed E-state index contributed by atoms with van der Waals surface area (Å²) in [7, 11) is 0. The summed E-state index contributed by atoms with van der Waals surface area (Å²) in [5, 5.41) is 3.74. The predicted octanol–water partition coefficient (Wildman–Crippen LogP) is 3.43. The first-order valence-corrected chi connectivity index (χ1v) is 6.10. The van der Waals surface area contributed by atoms with Crippen LogP contribution in [-0.2, 0) is 0 Å². The van der Waals surface area contributed by atoms with E-state index in [1.807, 2.05) is 13.0 Å². The van der Waals surface area contributed by atoms with E-state index >= 15 is 0 Å². The topological polar surface area (TPSA) is 64.9 Å². The van der Waals surface area contributed by atoms with Crippen molar-refractivity contribution in [3.63, 3.8) is 0 Å². The van der Waals surface area contributed by atoms with E-state index in [1.54, 1.807) is 30.5 Å². The molecule has 3 aromatic rings. The van der Waals surface area contributed by atoms with Gasteiger partial charge < -0.3 is 10.3 Å². The van der Waals surface area contributed by atoms with Gasteiger partial charge in [0.15, 0.2) is 11.6 Å². The summed E-state index contributed by atoms with van der Waals surface area (Å²) >= 11 is 0. The highest BCUT2D eigenvalue weighted by Crippen LogP contribution is 2.36. The zero-order chi connectivity index (χ0) is 14.1. The first kappa shape index (κ1) is 12.3. The van der Waals surface area contributed by atoms with Gasteiger partial charge in [-0.05, 0) is 31.2 Å². The Morgan fingerprint density at radius 1 is 1.20 bits per heavy atom. The molecule has 0 aliphatic carbocycles. The number of pyridine rings is 1. The molecule has 0 unspecified atom stereocenters. The van der Waals surface area contributed by atoms with Gasteiger partial charge in [0.2, 0.25) is 0 Å². The third-order valence-corrected chi connectivity index (χ3v) is 3.01. The van der Waals surface area contributed by atoms with Crippen LogP contribution in [0.5, 0.6) is 0 Å². The van der Waals surface area contributed by atoms with E-state index in [9.17, 15) is 4.39 Å². The third kappa shape index (κ3) is 2.03. The van der Waals surface area contributed by atoms with Crippen molar-refractivity contribution < 1.29 is 8.91 Å². The molecule has 0 fully saturated rings. The number of rotatable bonds is 2. The minimum atomic E-state index is -0.385. The number of benzene rings is 1. The monoisotopic (exact) mass is 269 g/mol. The van der Waals surface area contributed by atoms with Crippen LogP contribution in [0.2, 0.25) is 0 Å². The molecule has 0 saturated carbocycles. The second kappa shape index (κ2) is 4.77. The molecule has 100 valence electrons. The van der Waals surface area contributed by atoms with Crippen LogP contribution < -0.4 is 5.73 Å². The van der Waals surface area contributed by atoms with E-state index in [0.29, 0.717) is 22.6 Å². The number of aromatic nitrogens is 2. The molecule has 0 radical (unpaired) electrons. The number of nitrogens with two attached hydrogens (primary N) is 1. The number of anilines is 1. The lowest BCUT2D eigenvalue weighted by Crippen LogP contribution is -1.92. The standard InChI is InChI=1S/C15H12FN3O/c1-9-5-6-11(16)10(8-9)14-13(15(17)19-20-14)12-4-2-3-7-18-12/h2-8H,1H3,(H2,17,19). The number of nitrogen functional groups attached to an aromatic ring is 1. The van der Waals surface area contributed by atoms with Gasteiger partial charge in [0, 0.05) is 6.20 Å². The Hall–Kier alpha value is -2.69. The minimum absolute atomic E-state index is 0.194. The quantitative estimate of drug-likeness (QED) is 0.774. The lowest BCUT2D eigenvalue weighted by molar-refractivity contribution is 0.433. The number of hydrogen-bond acceptors (Lipinski definition) is 4. The van der Waals surface area contributed by atoms with E-state index in [0.717, 1.165) is 5.56 Å². The van der Waals surface area contributed by atoms with Gasteiger partial charge in [0.05, 0.1) is 16.8 Å². The maximum atomic E-state index is 14.0. The molecule has 2 heterocycles. The number of hydrogen-bond donors (Lipinski definition) is 1. The molecular formula is C15H12FN3O. The van der Waals surface area contributed by atoms with Crippen LogP contribution in [0, 0.1) is 12.7 Å². The molecule has 20 heavy (non-hydrogen) atoms. The first-order valence-electron chi connectivity index (χ1n) is 6.10. The van der Waals surface area contributed by atoms with Crippen LogP contribution in [0.25, 0.3) is 22.6 Å². The minimum Gasteiger partial charge on any atom is -0.380 e. The van der Waals surface area contributed by atoms with Crippen molar-refractivity contribution in [2.75, 3.05) is 5.73 Å². The molecule has 1 aromatic carbocycles. The maximum absolute atomic E-state index is 14.0. The molecular weight excluding hydrogens is 257 g/mol. The van der Waals surface area contributed by atoms with Crippen molar-refractivity contribution in [1.29, 1.82) is 0 Å². The summed E-state index contributed by atoms with van der Waals surface area (Å²) in [6, 6.07) is 10.2. The number of halogens is 1. The fourth-order valence-corrected chi connectivity index (χ4v) is 2.06. The van der Waals surface area contributed by atoms with Crippen LogP contribution in [0.1, 0.15) is 5.56 Å². The van der Waals surface area contributed by atoms with Crippen LogP contribution in [-0.4, -0.2) is 10.1 Å². The Balaban J connectivity index is 2.24. The van der Waals surface area contributed by atoms with Gasteiger partial charge in [-0.25, -0.2) is 4.39 Å². The smallest absolute Gasteiger partial charge is 0.181 e. The summed E-state index contributed by atoms with van der Waals surface area (Å²) in [5.74, 6) is 0.103. The Labute approximate surface area is 115 Å². The predicted molar refractivity (Wildman–Crippen MR) is 74.3 cm³/mol. The lowest BCUT2D eigenvalue weighted by atomic mass is 10.0. The summed E-state index contributed by atoms with van der Waals surface area (Å²) in [4.78, 5) is 4.22. The molecule has 0 atom stereocenters. The van der Waals surface area contributed by atoms with Crippen LogP contribution in [0.3, 0.4) is 0 Å². The van der Waals surface area contributed by atoms with Crippen LogP contribution in [0.4, 0.5) is 10.2 Å². The molecule has 2 aromatic heterocycles. The van der Waals surface area contributed by atoms with Gasteiger partial charge in [0.25, 0.3) is 0 Å². The summed E-state index contributed by atoms with van der Waals surface area (Å²) in [6.07, 6.45) is 1.64. The van der Waals surface area contributed by atoms with E-state index in [4.69, 9.17) is 10.3 Å². The number of aryl methyl sites for hydroxylation is 1. The highest BCUT2D eigenvalue weighted by atomic mass is 19.1. The van der Waals surface area contributed by atoms with Crippen molar-refractivity contribution in [1.82, 2.24) is 10.1 Å². The van der Waals surface area contributed by atoms with Crippen LogP contribution in [0.15, 0.2) is 47.1 Å². The lowest BCUT2D eigenvalue weighted by Gasteiger charge is -2.04. The second-order valence-corrected chi connectivity index (χ2v) is 4.47. The molecule has 0 saturated heterocycles. The Kier molecular flexibility index (Phi) is 2.95. The molecule has 0 aliphatic rings. The van der Waals surface area contributed by atoms with Gasteiger partial charge in [-0.2, -0.15) is 0 Å². The molecule has 5 heteroatoms. The van der Waals surface area contributed by atoms with Crippen molar-refractivity contribution >= 4 is 5.82 Å². The van der Waals surface area contributed by atoms with Crippen molar-refractivity contribution in [3.05, 3.63) is 54.0 Å². The third-order valence-electron chi connectivity index (χ3n) is 3.01. The van der Waals surface area contributed by atoms with Crippen LogP contribution >= 0.6 is 0 Å². The van der Waals surface area contributed by atoms with Crippen molar-refractivity contribution in [2.24, 2.45) is 0 Å². The van der Waals surface area contributed by atoms with Gasteiger partial charge in [-0.1, -0.05) is 22.9 Å². The van der Waals surface area contributed by atoms with E-state index in [2.05, 4.69) is 10.1 Å². The first-order chi connectivity index (χ1) is 9.66. The molecule has 0 bridgehead atoms. The van der Waals surface area contributed by atoms with Crippen molar-refractivity contribution in [2.45, 2.75) is 6.92 Å². The van der Waals surface area contributed by atoms with Gasteiger partial charge >= 0.3 is 0 Å². The second-order valence-electron chi connectivity index (χ2n) is 4.47. The summed E-state index contributed by atoms with van der Waals surface area (Å²) in [5.41, 5.74) is 8.19. The maximum Gasteiger partial charge on any atom is 0.181 e. The zero-order valence-corrected chi connectivity index (χ0v) is 10.8. The van der Waals surface area contributed by atoms with E-state index in [-0.39, 0.29) is 11.6 Å². The summed E-state index contributed by atoms with van der Waals surface area (Å²) in [6.45, 7) is 1.88.